The highest BCUT2D eigenvalue weighted by Gasteiger charge is 2.38. The third kappa shape index (κ3) is 5.05. The first-order chi connectivity index (χ1) is 8.66. The Morgan fingerprint density at radius 1 is 1.26 bits per heavy atom. The van der Waals surface area contributed by atoms with E-state index >= 15 is 0 Å². The fourth-order valence-corrected chi connectivity index (χ4v) is 2.72. The number of nitrogens with zero attached hydrogens (tertiary/aromatic N) is 1. The topological polar surface area (TPSA) is 24.5 Å². The summed E-state index contributed by atoms with van der Waals surface area (Å²) in [5.74, 6) is 0. The van der Waals surface area contributed by atoms with Crippen LogP contribution in [0, 0.1) is 10.8 Å². The second-order valence-corrected chi connectivity index (χ2v) is 7.80. The van der Waals surface area contributed by atoms with Crippen molar-refractivity contribution in [2.45, 2.75) is 60.0 Å². The molecule has 0 saturated carbocycles. The highest BCUT2D eigenvalue weighted by molar-refractivity contribution is 4.90. The molecule has 0 aromatic heterocycles. The van der Waals surface area contributed by atoms with Crippen molar-refractivity contribution in [2.75, 3.05) is 33.4 Å². The molecule has 0 amide bonds. The highest BCUT2D eigenvalue weighted by Crippen LogP contribution is 2.32. The van der Waals surface area contributed by atoms with E-state index in [9.17, 15) is 0 Å². The monoisotopic (exact) mass is 270 g/mol. The van der Waals surface area contributed by atoms with Gasteiger partial charge in [-0.1, -0.05) is 34.6 Å². The molecule has 19 heavy (non-hydrogen) atoms. The van der Waals surface area contributed by atoms with Crippen molar-refractivity contribution in [3.05, 3.63) is 0 Å². The summed E-state index contributed by atoms with van der Waals surface area (Å²) in [6, 6.07) is 1.12. The molecule has 1 saturated heterocycles. The molecule has 0 spiro atoms. The maximum atomic E-state index is 5.69. The molecule has 1 N–H and O–H groups in total. The van der Waals surface area contributed by atoms with Gasteiger partial charge in [-0.2, -0.15) is 0 Å². The molecule has 1 heterocycles. The van der Waals surface area contributed by atoms with Crippen molar-refractivity contribution in [3.8, 4) is 0 Å². The van der Waals surface area contributed by atoms with E-state index in [-0.39, 0.29) is 0 Å². The van der Waals surface area contributed by atoms with Crippen LogP contribution in [0.3, 0.4) is 0 Å². The lowest BCUT2D eigenvalue weighted by molar-refractivity contribution is 0.0689. The van der Waals surface area contributed by atoms with E-state index in [1.165, 1.54) is 6.42 Å². The van der Waals surface area contributed by atoms with Crippen LogP contribution in [-0.4, -0.2) is 50.3 Å². The van der Waals surface area contributed by atoms with Gasteiger partial charge >= 0.3 is 0 Å². The van der Waals surface area contributed by atoms with Gasteiger partial charge in [-0.25, -0.2) is 0 Å². The molecule has 3 heteroatoms. The Kier molecular flexibility index (Phi) is 5.84. The van der Waals surface area contributed by atoms with Crippen LogP contribution in [0.2, 0.25) is 0 Å². The van der Waals surface area contributed by atoms with Gasteiger partial charge in [-0.3, -0.25) is 0 Å². The van der Waals surface area contributed by atoms with Gasteiger partial charge in [-0.05, 0) is 25.8 Å². The maximum absolute atomic E-state index is 5.69. The summed E-state index contributed by atoms with van der Waals surface area (Å²) < 4.78 is 5.69. The molecule has 2 unspecified atom stereocenters. The molecule has 0 aromatic carbocycles. The first-order valence-corrected chi connectivity index (χ1v) is 7.68. The van der Waals surface area contributed by atoms with Crippen molar-refractivity contribution in [1.29, 1.82) is 0 Å². The average Bonchev–Trinajstić information content (AvgIpc) is 2.73. The number of nitrogens with one attached hydrogen (secondary N) is 1. The third-order valence-corrected chi connectivity index (χ3v) is 4.57. The number of hydrogen-bond acceptors (Lipinski definition) is 3. The normalized spacial score (nSPS) is 26.4. The van der Waals surface area contributed by atoms with Gasteiger partial charge in [0, 0.05) is 37.2 Å². The molecular weight excluding hydrogens is 236 g/mol. The Morgan fingerprint density at radius 2 is 1.89 bits per heavy atom. The maximum Gasteiger partial charge on any atom is 0.0547 e. The third-order valence-electron chi connectivity index (χ3n) is 4.57. The summed E-state index contributed by atoms with van der Waals surface area (Å²) in [5, 5.41) is 3.60. The van der Waals surface area contributed by atoms with Crippen molar-refractivity contribution < 1.29 is 4.74 Å². The molecule has 0 aliphatic carbocycles. The Bertz CT molecular complexity index is 264. The smallest absolute Gasteiger partial charge is 0.0547 e. The average molecular weight is 270 g/mol. The number of rotatable bonds is 6. The second kappa shape index (κ2) is 6.55. The van der Waals surface area contributed by atoms with Gasteiger partial charge < -0.3 is 15.0 Å². The van der Waals surface area contributed by atoms with E-state index in [2.05, 4.69) is 58.8 Å². The van der Waals surface area contributed by atoms with Gasteiger partial charge in [0.05, 0.1) is 6.61 Å². The van der Waals surface area contributed by atoms with Crippen molar-refractivity contribution in [1.82, 2.24) is 10.2 Å². The predicted octanol–water partition coefficient (Wildman–Crippen LogP) is 2.76. The predicted molar refractivity (Wildman–Crippen MR) is 82.6 cm³/mol. The highest BCUT2D eigenvalue weighted by atomic mass is 16.5. The first kappa shape index (κ1) is 16.9. The fraction of sp³-hybridized carbons (Fsp3) is 1.00. The summed E-state index contributed by atoms with van der Waals surface area (Å²) in [7, 11) is 2.26. The van der Waals surface area contributed by atoms with Crippen LogP contribution in [0.4, 0.5) is 0 Å². The van der Waals surface area contributed by atoms with Gasteiger partial charge in [-0.15, -0.1) is 0 Å². The fourth-order valence-electron chi connectivity index (χ4n) is 2.72. The van der Waals surface area contributed by atoms with Gasteiger partial charge in [0.2, 0.25) is 0 Å². The quantitative estimate of drug-likeness (QED) is 0.803. The minimum atomic E-state index is 0.290. The lowest BCUT2D eigenvalue weighted by atomic mass is 9.82. The standard InChI is InChI=1S/C16H34N2O/c1-13(2)17-10-16(8-9-19-12-16)11-18(7)14(3)15(4,5)6/h13-14,17H,8-12H2,1-7H3. The summed E-state index contributed by atoms with van der Waals surface area (Å²) in [4.78, 5) is 2.51. The van der Waals surface area contributed by atoms with Crippen LogP contribution < -0.4 is 5.32 Å². The number of ether oxygens (including phenoxy) is 1. The molecular formula is C16H34N2O. The van der Waals surface area contributed by atoms with E-state index in [1.54, 1.807) is 0 Å². The largest absolute Gasteiger partial charge is 0.381 e. The van der Waals surface area contributed by atoms with Gasteiger partial charge in [0.15, 0.2) is 0 Å². The molecule has 114 valence electrons. The molecule has 3 nitrogen and oxygen atoms in total. The van der Waals surface area contributed by atoms with Crippen LogP contribution in [0.15, 0.2) is 0 Å². The van der Waals surface area contributed by atoms with Crippen molar-refractivity contribution in [3.63, 3.8) is 0 Å². The molecule has 0 radical (unpaired) electrons. The summed E-state index contributed by atoms with van der Waals surface area (Å²) in [5.41, 5.74) is 0.611. The van der Waals surface area contributed by atoms with Crippen LogP contribution >= 0.6 is 0 Å². The first-order valence-electron chi connectivity index (χ1n) is 7.68. The zero-order valence-corrected chi connectivity index (χ0v) is 14.0. The van der Waals surface area contributed by atoms with Gasteiger partial charge in [0.25, 0.3) is 0 Å². The second-order valence-electron chi connectivity index (χ2n) is 7.80. The van der Waals surface area contributed by atoms with Crippen LogP contribution in [0.1, 0.15) is 48.0 Å². The van der Waals surface area contributed by atoms with Gasteiger partial charge in [0.1, 0.15) is 0 Å². The SMILES string of the molecule is CC(C)NCC1(CN(C)C(C)C(C)(C)C)CCOC1. The number of hydrogen-bond donors (Lipinski definition) is 1. The van der Waals surface area contributed by atoms with E-state index < -0.39 is 0 Å². The summed E-state index contributed by atoms with van der Waals surface area (Å²) >= 11 is 0. The van der Waals surface area contributed by atoms with E-state index in [1.807, 2.05) is 0 Å². The zero-order chi connectivity index (χ0) is 14.7. The summed E-state index contributed by atoms with van der Waals surface area (Å²) in [6.07, 6.45) is 1.17. The Morgan fingerprint density at radius 3 is 2.32 bits per heavy atom. The zero-order valence-electron chi connectivity index (χ0n) is 14.0. The molecule has 1 aliphatic heterocycles. The Labute approximate surface area is 120 Å². The van der Waals surface area contributed by atoms with Crippen molar-refractivity contribution in [2.24, 2.45) is 10.8 Å². The Balaban J connectivity index is 2.63. The molecule has 1 fully saturated rings. The molecule has 1 rings (SSSR count). The summed E-state index contributed by atoms with van der Waals surface area (Å²) in [6.45, 7) is 17.7. The van der Waals surface area contributed by atoms with Crippen LogP contribution in [0.5, 0.6) is 0 Å². The lowest BCUT2D eigenvalue weighted by Crippen LogP contribution is -2.49. The Hall–Kier alpha value is -0.120. The van der Waals surface area contributed by atoms with Crippen LogP contribution in [-0.2, 0) is 4.74 Å². The van der Waals surface area contributed by atoms with E-state index in [0.29, 0.717) is 22.9 Å². The minimum absolute atomic E-state index is 0.290. The lowest BCUT2D eigenvalue weighted by Gasteiger charge is -2.40. The van der Waals surface area contributed by atoms with Crippen LogP contribution in [0.25, 0.3) is 0 Å². The molecule has 0 bridgehead atoms. The van der Waals surface area contributed by atoms with Crippen molar-refractivity contribution >= 4 is 0 Å². The molecule has 0 aromatic rings. The van der Waals surface area contributed by atoms with E-state index in [4.69, 9.17) is 4.74 Å². The molecule has 1 aliphatic rings. The minimum Gasteiger partial charge on any atom is -0.381 e. The molecule has 2 atom stereocenters. The van der Waals surface area contributed by atoms with E-state index in [0.717, 1.165) is 26.3 Å².